The predicted octanol–water partition coefficient (Wildman–Crippen LogP) is 2.78. The maximum atomic E-state index is 11.2. The Morgan fingerprint density at radius 1 is 1.00 bits per heavy atom. The smallest absolute Gasteiger partial charge is 0.258 e. The van der Waals surface area contributed by atoms with E-state index in [-0.39, 0.29) is 0 Å². The van der Waals surface area contributed by atoms with Crippen molar-refractivity contribution in [2.24, 2.45) is 0 Å². The Labute approximate surface area is 139 Å². The maximum Gasteiger partial charge on any atom is 0.258 e. The Kier molecular flexibility index (Phi) is 4.22. The van der Waals surface area contributed by atoms with Crippen LogP contribution in [0.5, 0.6) is 5.75 Å². The van der Waals surface area contributed by atoms with Crippen molar-refractivity contribution in [1.29, 1.82) is 0 Å². The lowest BCUT2D eigenvalue weighted by Gasteiger charge is -2.03. The first-order chi connectivity index (χ1) is 11.4. The SMILES string of the molecule is COc1ccc(-c2nc(-c3ccc(NS(C)(=O)=O)cc3)no2)cc1. The van der Waals surface area contributed by atoms with Gasteiger partial charge in [0, 0.05) is 16.8 Å². The molecular formula is C16H15N3O4S. The fraction of sp³-hybridized carbons (Fsp3) is 0.125. The van der Waals surface area contributed by atoms with Crippen LogP contribution >= 0.6 is 0 Å². The molecule has 0 spiro atoms. The van der Waals surface area contributed by atoms with Gasteiger partial charge in [0.2, 0.25) is 15.8 Å². The summed E-state index contributed by atoms with van der Waals surface area (Å²) in [6.07, 6.45) is 1.10. The van der Waals surface area contributed by atoms with Crippen molar-refractivity contribution in [3.05, 3.63) is 48.5 Å². The van der Waals surface area contributed by atoms with E-state index >= 15 is 0 Å². The lowest BCUT2D eigenvalue weighted by molar-refractivity contribution is 0.414. The topological polar surface area (TPSA) is 94.3 Å². The summed E-state index contributed by atoms with van der Waals surface area (Å²) >= 11 is 0. The van der Waals surface area contributed by atoms with Gasteiger partial charge >= 0.3 is 0 Å². The van der Waals surface area contributed by atoms with Crippen LogP contribution in [0.4, 0.5) is 5.69 Å². The summed E-state index contributed by atoms with van der Waals surface area (Å²) in [5, 5.41) is 3.95. The van der Waals surface area contributed by atoms with Crippen LogP contribution in [-0.4, -0.2) is 31.9 Å². The summed E-state index contributed by atoms with van der Waals surface area (Å²) in [5.41, 5.74) is 1.97. The van der Waals surface area contributed by atoms with Crippen molar-refractivity contribution in [3.8, 4) is 28.6 Å². The number of nitrogens with zero attached hydrogens (tertiary/aromatic N) is 2. The number of sulfonamides is 1. The molecule has 0 unspecified atom stereocenters. The molecule has 0 saturated heterocycles. The van der Waals surface area contributed by atoms with Gasteiger partial charge in [0.05, 0.1) is 13.4 Å². The van der Waals surface area contributed by atoms with Crippen LogP contribution in [0.2, 0.25) is 0 Å². The van der Waals surface area contributed by atoms with Gasteiger partial charge in [-0.05, 0) is 48.5 Å². The van der Waals surface area contributed by atoms with Crippen molar-refractivity contribution in [2.75, 3.05) is 18.1 Å². The minimum atomic E-state index is -3.30. The molecule has 0 radical (unpaired) electrons. The molecule has 0 aliphatic heterocycles. The molecule has 0 bridgehead atoms. The second kappa shape index (κ2) is 6.32. The maximum absolute atomic E-state index is 11.2. The molecular weight excluding hydrogens is 330 g/mol. The predicted molar refractivity (Wildman–Crippen MR) is 90.2 cm³/mol. The number of nitrogens with one attached hydrogen (secondary N) is 1. The summed E-state index contributed by atoms with van der Waals surface area (Å²) in [5.74, 6) is 1.56. The van der Waals surface area contributed by atoms with E-state index in [0.29, 0.717) is 17.4 Å². The molecule has 0 saturated carbocycles. The van der Waals surface area contributed by atoms with Gasteiger partial charge in [0.15, 0.2) is 0 Å². The Morgan fingerprint density at radius 2 is 1.62 bits per heavy atom. The number of hydrogen-bond donors (Lipinski definition) is 1. The molecule has 0 aliphatic carbocycles. The summed E-state index contributed by atoms with van der Waals surface area (Å²) < 4.78 is 35.2. The molecule has 2 aromatic carbocycles. The van der Waals surface area contributed by atoms with Gasteiger partial charge in [-0.3, -0.25) is 4.72 Å². The van der Waals surface area contributed by atoms with Crippen molar-refractivity contribution >= 4 is 15.7 Å². The zero-order valence-electron chi connectivity index (χ0n) is 13.1. The largest absolute Gasteiger partial charge is 0.497 e. The molecule has 0 aliphatic rings. The van der Waals surface area contributed by atoms with Gasteiger partial charge in [-0.15, -0.1) is 0 Å². The van der Waals surface area contributed by atoms with E-state index in [9.17, 15) is 8.42 Å². The van der Waals surface area contributed by atoms with Crippen molar-refractivity contribution < 1.29 is 17.7 Å². The number of hydrogen-bond acceptors (Lipinski definition) is 6. The molecule has 1 heterocycles. The van der Waals surface area contributed by atoms with Crippen molar-refractivity contribution in [3.63, 3.8) is 0 Å². The standard InChI is InChI=1S/C16H15N3O4S/c1-22-14-9-5-12(6-10-14)16-17-15(18-23-16)11-3-7-13(8-4-11)19-24(2,20)21/h3-10,19H,1-2H3. The summed E-state index contributed by atoms with van der Waals surface area (Å²) in [6, 6.07) is 14.0. The molecule has 24 heavy (non-hydrogen) atoms. The van der Waals surface area contributed by atoms with Crippen molar-refractivity contribution in [2.45, 2.75) is 0 Å². The fourth-order valence-corrected chi connectivity index (χ4v) is 2.66. The average molecular weight is 345 g/mol. The van der Waals surface area contributed by atoms with Crippen LogP contribution in [0.1, 0.15) is 0 Å². The van der Waals surface area contributed by atoms with E-state index in [1.165, 1.54) is 0 Å². The van der Waals surface area contributed by atoms with Gasteiger partial charge in [0.1, 0.15) is 5.75 Å². The van der Waals surface area contributed by atoms with E-state index in [4.69, 9.17) is 9.26 Å². The van der Waals surface area contributed by atoms with Crippen LogP contribution in [0.25, 0.3) is 22.8 Å². The molecule has 0 atom stereocenters. The van der Waals surface area contributed by atoms with E-state index in [1.54, 1.807) is 31.4 Å². The third-order valence-corrected chi connectivity index (χ3v) is 3.82. The summed E-state index contributed by atoms with van der Waals surface area (Å²) in [7, 11) is -1.70. The van der Waals surface area contributed by atoms with E-state index in [0.717, 1.165) is 23.1 Å². The van der Waals surface area contributed by atoms with Gasteiger partial charge in [-0.1, -0.05) is 5.16 Å². The molecule has 3 rings (SSSR count). The normalized spacial score (nSPS) is 11.2. The number of ether oxygens (including phenoxy) is 1. The minimum absolute atomic E-state index is 0.394. The number of aromatic nitrogens is 2. The van der Waals surface area contributed by atoms with Crippen LogP contribution in [-0.2, 0) is 10.0 Å². The highest BCUT2D eigenvalue weighted by atomic mass is 32.2. The number of anilines is 1. The monoisotopic (exact) mass is 345 g/mol. The van der Waals surface area contributed by atoms with Gasteiger partial charge in [-0.25, -0.2) is 8.42 Å². The highest BCUT2D eigenvalue weighted by Gasteiger charge is 2.11. The Hall–Kier alpha value is -2.87. The molecule has 8 heteroatoms. The van der Waals surface area contributed by atoms with Gasteiger partial charge in [0.25, 0.3) is 5.89 Å². The summed E-state index contributed by atoms with van der Waals surface area (Å²) in [4.78, 5) is 4.35. The lowest BCUT2D eigenvalue weighted by atomic mass is 10.2. The average Bonchev–Trinajstić information content (AvgIpc) is 3.04. The molecule has 7 nitrogen and oxygen atoms in total. The molecule has 124 valence electrons. The number of rotatable bonds is 5. The number of benzene rings is 2. The highest BCUT2D eigenvalue weighted by molar-refractivity contribution is 7.92. The third kappa shape index (κ3) is 3.72. The fourth-order valence-electron chi connectivity index (χ4n) is 2.09. The summed E-state index contributed by atoms with van der Waals surface area (Å²) in [6.45, 7) is 0. The van der Waals surface area contributed by atoms with Gasteiger partial charge < -0.3 is 9.26 Å². The Bertz CT molecular complexity index is 932. The molecule has 3 aromatic rings. The third-order valence-electron chi connectivity index (χ3n) is 3.21. The zero-order chi connectivity index (χ0) is 17.2. The lowest BCUT2D eigenvalue weighted by Crippen LogP contribution is -2.09. The van der Waals surface area contributed by atoms with Crippen LogP contribution < -0.4 is 9.46 Å². The molecule has 1 N–H and O–H groups in total. The molecule has 1 aromatic heterocycles. The quantitative estimate of drug-likeness (QED) is 0.764. The first-order valence-electron chi connectivity index (χ1n) is 7.01. The Balaban J connectivity index is 1.82. The first-order valence-corrected chi connectivity index (χ1v) is 8.90. The molecule has 0 fully saturated rings. The van der Waals surface area contributed by atoms with Crippen LogP contribution in [0.3, 0.4) is 0 Å². The highest BCUT2D eigenvalue weighted by Crippen LogP contribution is 2.25. The molecule has 0 amide bonds. The zero-order valence-corrected chi connectivity index (χ0v) is 13.9. The van der Waals surface area contributed by atoms with Crippen LogP contribution in [0.15, 0.2) is 53.1 Å². The number of methoxy groups -OCH3 is 1. The van der Waals surface area contributed by atoms with E-state index in [1.807, 2.05) is 24.3 Å². The van der Waals surface area contributed by atoms with E-state index in [2.05, 4.69) is 14.9 Å². The minimum Gasteiger partial charge on any atom is -0.497 e. The first kappa shape index (κ1) is 16.0. The van der Waals surface area contributed by atoms with Gasteiger partial charge in [-0.2, -0.15) is 4.98 Å². The Morgan fingerprint density at radius 3 is 2.21 bits per heavy atom. The van der Waals surface area contributed by atoms with E-state index < -0.39 is 10.0 Å². The van der Waals surface area contributed by atoms with Crippen molar-refractivity contribution in [1.82, 2.24) is 10.1 Å². The second-order valence-corrected chi connectivity index (χ2v) is 6.85. The van der Waals surface area contributed by atoms with Crippen LogP contribution in [0, 0.1) is 0 Å². The second-order valence-electron chi connectivity index (χ2n) is 5.10.